The van der Waals surface area contributed by atoms with Crippen molar-refractivity contribution in [2.45, 2.75) is 108 Å². The summed E-state index contributed by atoms with van der Waals surface area (Å²) in [7, 11) is 0.0627. The molecule has 2 atom stereocenters. The zero-order chi connectivity index (χ0) is 50.8. The third kappa shape index (κ3) is 11.1. The van der Waals surface area contributed by atoms with Crippen molar-refractivity contribution in [1.29, 1.82) is 0 Å². The van der Waals surface area contributed by atoms with Gasteiger partial charge in [-0.05, 0) is 77.9 Å². The van der Waals surface area contributed by atoms with Crippen LogP contribution in [0.25, 0.3) is 0 Å². The Morgan fingerprint density at radius 1 is 0.634 bits per heavy atom. The summed E-state index contributed by atoms with van der Waals surface area (Å²) in [5.74, 6) is -3.42. The molecule has 4 aromatic carbocycles. The summed E-state index contributed by atoms with van der Waals surface area (Å²) in [5.41, 5.74) is 10.9. The van der Waals surface area contributed by atoms with Crippen molar-refractivity contribution in [1.82, 2.24) is 9.80 Å². The van der Waals surface area contributed by atoms with Crippen molar-refractivity contribution in [2.75, 3.05) is 69.6 Å². The topological polar surface area (TPSA) is 163 Å². The second-order valence-electron chi connectivity index (χ2n) is 21.3. The number of nitrogen functional groups attached to an aromatic ring is 1. The molecule has 2 N–H and O–H groups in total. The van der Waals surface area contributed by atoms with Crippen LogP contribution in [0.1, 0.15) is 62.2 Å². The summed E-state index contributed by atoms with van der Waals surface area (Å²) in [6, 6.07) is 20.5. The molecule has 4 heterocycles. The van der Waals surface area contributed by atoms with E-state index in [1.165, 1.54) is 25.2 Å². The lowest BCUT2D eigenvalue weighted by molar-refractivity contribution is -0.143. The predicted molar refractivity (Wildman–Crippen MR) is 276 cm³/mol. The maximum Gasteiger partial charge on any atom is 0.288 e. The fourth-order valence-electron chi connectivity index (χ4n) is 9.41. The van der Waals surface area contributed by atoms with E-state index in [4.69, 9.17) is 34.2 Å². The minimum atomic E-state index is -2.68. The minimum Gasteiger partial charge on any atom is -0.493 e. The van der Waals surface area contributed by atoms with Crippen LogP contribution in [0.5, 0.6) is 23.0 Å². The number of rotatable bonds is 20. The first-order valence-electron chi connectivity index (χ1n) is 24.5. The predicted octanol–water partition coefficient (Wildman–Crippen LogP) is 8.66. The first-order chi connectivity index (χ1) is 33.8. The number of carbonyl (C=O) groups excluding carboxylic acids is 4. The van der Waals surface area contributed by atoms with Gasteiger partial charge in [0.2, 0.25) is 0 Å². The number of nitrogens with zero attached hydrogens (tertiary/aromatic N) is 4. The van der Waals surface area contributed by atoms with Crippen LogP contribution in [0.2, 0.25) is 51.4 Å². The lowest BCUT2D eigenvalue weighted by Crippen LogP contribution is -2.60. The molecular formula is C53H68FN5O10Si2. The molecule has 4 aliphatic rings. The van der Waals surface area contributed by atoms with Crippen molar-refractivity contribution in [3.8, 4) is 23.0 Å². The number of carbonyl (C=O) groups is 4. The number of unbranched alkanes of at least 4 members (excludes halogenated alkanes) is 2. The van der Waals surface area contributed by atoms with Gasteiger partial charge in [0.25, 0.3) is 29.4 Å². The quantitative estimate of drug-likeness (QED) is 0.0390. The van der Waals surface area contributed by atoms with Crippen LogP contribution in [0.15, 0.2) is 66.7 Å². The molecule has 380 valence electrons. The van der Waals surface area contributed by atoms with Crippen molar-refractivity contribution in [2.24, 2.45) is 0 Å². The summed E-state index contributed by atoms with van der Waals surface area (Å²) in [6.07, 6.45) is 1.97. The van der Waals surface area contributed by atoms with E-state index in [1.807, 2.05) is 24.3 Å². The Morgan fingerprint density at radius 3 is 1.79 bits per heavy atom. The van der Waals surface area contributed by atoms with Crippen LogP contribution >= 0.6 is 0 Å². The van der Waals surface area contributed by atoms with E-state index in [1.54, 1.807) is 46.2 Å². The van der Waals surface area contributed by atoms with Gasteiger partial charge in [-0.25, -0.2) is 4.39 Å². The number of hydrogen-bond acceptors (Lipinski definition) is 11. The van der Waals surface area contributed by atoms with Gasteiger partial charge in [-0.1, -0.05) is 69.6 Å². The molecule has 0 bridgehead atoms. The van der Waals surface area contributed by atoms with Crippen molar-refractivity contribution in [3.63, 3.8) is 0 Å². The summed E-state index contributed by atoms with van der Waals surface area (Å²) < 4.78 is 53.8. The molecule has 1 unspecified atom stereocenters. The fraction of sp³-hybridized carbons (Fsp3) is 0.472. The number of nitrogens with two attached hydrogens (primary N) is 1. The van der Waals surface area contributed by atoms with Gasteiger partial charge in [0.1, 0.15) is 19.5 Å². The largest absolute Gasteiger partial charge is 0.493 e. The standard InChI is InChI=1S/C53H68FN5O10Si2/c1-64-45-26-40-42(57(33-66-20-22-70(3,4)5)51(62)44-25-35-14-10-11-15-37(35)31-56(44)49(40)60)28-47(45)68-18-12-9-13-19-69-48-29-43-41(27-46(48)65-2)50(61)59-32-38-24-39(55)17-16-36(38)30-53(59,54)52(63)58(43)34-67-21-23-71(6,7)8/h10-11,14-17,24,26-29,44H,9,12-13,18-23,25,30-34,55H2,1-8H3/t44-,53?/m0/s1. The van der Waals surface area contributed by atoms with Gasteiger partial charge in [-0.3, -0.25) is 33.9 Å². The molecule has 0 saturated carbocycles. The fourth-order valence-corrected chi connectivity index (χ4v) is 10.9. The Labute approximate surface area is 418 Å². The second-order valence-corrected chi connectivity index (χ2v) is 32.5. The number of fused-ring (bicyclic) bond motifs is 6. The molecule has 0 aromatic heterocycles. The second kappa shape index (κ2) is 21.0. The lowest BCUT2D eigenvalue weighted by Gasteiger charge is -2.40. The van der Waals surface area contributed by atoms with Crippen LogP contribution < -0.4 is 34.5 Å². The number of methoxy groups -OCH3 is 2. The molecule has 0 spiro atoms. The molecule has 0 saturated heterocycles. The highest BCUT2D eigenvalue weighted by Gasteiger charge is 2.55. The molecule has 0 radical (unpaired) electrons. The van der Waals surface area contributed by atoms with Crippen LogP contribution in [0.3, 0.4) is 0 Å². The van der Waals surface area contributed by atoms with Crippen LogP contribution in [0, 0.1) is 0 Å². The first-order valence-corrected chi connectivity index (χ1v) is 32.0. The number of halogens is 1. The molecule has 0 aliphatic carbocycles. The monoisotopic (exact) mass is 1010 g/mol. The van der Waals surface area contributed by atoms with Crippen molar-refractivity contribution in [3.05, 3.63) is 100 Å². The molecule has 4 aromatic rings. The molecular weight excluding hydrogens is 942 g/mol. The molecule has 8 rings (SSSR count). The van der Waals surface area contributed by atoms with E-state index in [-0.39, 0.29) is 67.6 Å². The van der Waals surface area contributed by atoms with Gasteiger partial charge in [0.15, 0.2) is 23.0 Å². The normalized spacial score (nSPS) is 18.7. The Bertz CT molecular complexity index is 2680. The van der Waals surface area contributed by atoms with Gasteiger partial charge in [-0.2, -0.15) is 0 Å². The van der Waals surface area contributed by atoms with Crippen molar-refractivity contribution < 1.29 is 52.0 Å². The lowest BCUT2D eigenvalue weighted by atomic mass is 9.91. The Morgan fingerprint density at radius 2 is 1.20 bits per heavy atom. The SMILES string of the molecule is COc1cc2c(cc1OCCCCCOc1cc3c(cc1OC)C(=O)N1Cc4cc(N)ccc4CC1(F)C(=O)N3COCC[Si](C)(C)C)N(COCC[Si](C)(C)C)C(=O)[C@@H]1Cc3ccccc3CN1C2=O. The number of anilines is 3. The van der Waals surface area contributed by atoms with E-state index in [2.05, 4.69) is 39.3 Å². The van der Waals surface area contributed by atoms with E-state index >= 15 is 4.39 Å². The Balaban J connectivity index is 0.958. The maximum absolute atomic E-state index is 17.4. The van der Waals surface area contributed by atoms with Gasteiger partial charge in [-0.15, -0.1) is 0 Å². The highest BCUT2D eigenvalue weighted by atomic mass is 28.3. The maximum atomic E-state index is 17.4. The highest BCUT2D eigenvalue weighted by Crippen LogP contribution is 2.45. The van der Waals surface area contributed by atoms with Gasteiger partial charge in [0, 0.05) is 73.1 Å². The molecule has 15 nitrogen and oxygen atoms in total. The van der Waals surface area contributed by atoms with Crippen LogP contribution in [0.4, 0.5) is 21.5 Å². The average molecular weight is 1010 g/mol. The number of amides is 4. The highest BCUT2D eigenvalue weighted by molar-refractivity contribution is 6.76. The molecule has 4 aliphatic heterocycles. The number of benzene rings is 4. The smallest absolute Gasteiger partial charge is 0.288 e. The van der Waals surface area contributed by atoms with E-state index in [9.17, 15) is 19.2 Å². The summed E-state index contributed by atoms with van der Waals surface area (Å²) in [5, 5.41) is 0. The van der Waals surface area contributed by atoms with Crippen LogP contribution in [-0.4, -0.2) is 116 Å². The minimum absolute atomic E-state index is 0.00666. The van der Waals surface area contributed by atoms with Crippen molar-refractivity contribution >= 4 is 56.8 Å². The van der Waals surface area contributed by atoms with Gasteiger partial charge < -0.3 is 39.1 Å². The molecule has 4 amide bonds. The first kappa shape index (κ1) is 51.4. The summed E-state index contributed by atoms with van der Waals surface area (Å²) in [6.45, 7) is 14.8. The third-order valence-corrected chi connectivity index (χ3v) is 17.0. The number of ether oxygens (including phenoxy) is 6. The zero-order valence-electron chi connectivity index (χ0n) is 42.4. The summed E-state index contributed by atoms with van der Waals surface area (Å²) >= 11 is 0. The Kier molecular flexibility index (Phi) is 15.2. The average Bonchev–Trinajstić information content (AvgIpc) is 3.44. The summed E-state index contributed by atoms with van der Waals surface area (Å²) in [4.78, 5) is 63.2. The third-order valence-electron chi connectivity index (χ3n) is 13.6. The zero-order valence-corrected chi connectivity index (χ0v) is 44.4. The van der Waals surface area contributed by atoms with E-state index < -0.39 is 39.8 Å². The van der Waals surface area contributed by atoms with Crippen LogP contribution in [-0.2, 0) is 45.0 Å². The molecule has 18 heteroatoms. The molecule has 71 heavy (non-hydrogen) atoms. The van der Waals surface area contributed by atoms with E-state index in [0.717, 1.165) is 28.1 Å². The van der Waals surface area contributed by atoms with E-state index in [0.29, 0.717) is 91.6 Å². The number of alkyl halides is 1. The van der Waals surface area contributed by atoms with Gasteiger partial charge in [0.05, 0.1) is 49.9 Å². The van der Waals surface area contributed by atoms with Gasteiger partial charge >= 0.3 is 0 Å². The number of hydrogen-bond donors (Lipinski definition) is 1. The Hall–Kier alpha value is -5.96. The molecule has 0 fully saturated rings.